The van der Waals surface area contributed by atoms with Crippen molar-refractivity contribution >= 4 is 27.4 Å². The van der Waals surface area contributed by atoms with Crippen LogP contribution in [0.15, 0.2) is 21.9 Å². The van der Waals surface area contributed by atoms with Gasteiger partial charge in [-0.05, 0) is 26.3 Å². The minimum absolute atomic E-state index is 0.147. The Hall–Kier alpha value is -2.59. The molecule has 0 saturated carbocycles. The summed E-state index contributed by atoms with van der Waals surface area (Å²) in [6, 6.07) is 4.41. The molecule has 0 aliphatic carbocycles. The van der Waals surface area contributed by atoms with Crippen LogP contribution >= 0.6 is 11.3 Å². The maximum absolute atomic E-state index is 9.66. The fourth-order valence-electron chi connectivity index (χ4n) is 3.10. The topological polar surface area (TPSA) is 90.5 Å². The largest absolute Gasteiger partial charge is 0.338 e. The molecule has 0 bridgehead atoms. The number of hydrogen-bond donors (Lipinski definition) is 2. The molecular formula is C16H15N5OS. The van der Waals surface area contributed by atoms with E-state index in [-0.39, 0.29) is 5.92 Å². The molecule has 0 aromatic carbocycles. The number of anilines is 1. The molecule has 1 atom stereocenters. The molecule has 0 spiro atoms. The molecule has 2 N–H and O–H groups in total. The van der Waals surface area contributed by atoms with Gasteiger partial charge in [-0.3, -0.25) is 5.10 Å². The normalized spacial score (nSPS) is 17.2. The van der Waals surface area contributed by atoms with Gasteiger partial charge in [0.2, 0.25) is 5.88 Å². The van der Waals surface area contributed by atoms with Gasteiger partial charge in [-0.2, -0.15) is 10.4 Å². The van der Waals surface area contributed by atoms with Crippen molar-refractivity contribution in [3.63, 3.8) is 0 Å². The molecule has 0 fully saturated rings. The number of H-pyrrole nitrogens is 1. The Morgan fingerprint density at radius 3 is 3.00 bits per heavy atom. The first-order chi connectivity index (χ1) is 11.1. The molecular weight excluding hydrogens is 310 g/mol. The van der Waals surface area contributed by atoms with Crippen LogP contribution < -0.4 is 5.32 Å². The molecule has 1 aliphatic heterocycles. The van der Waals surface area contributed by atoms with E-state index in [2.05, 4.69) is 39.7 Å². The fraction of sp³-hybridized carbons (Fsp3) is 0.312. The molecule has 3 aromatic heterocycles. The van der Waals surface area contributed by atoms with Gasteiger partial charge in [-0.1, -0.05) is 12.1 Å². The Morgan fingerprint density at radius 2 is 2.26 bits per heavy atom. The van der Waals surface area contributed by atoms with Gasteiger partial charge in [0.1, 0.15) is 5.52 Å². The van der Waals surface area contributed by atoms with E-state index >= 15 is 0 Å². The van der Waals surface area contributed by atoms with E-state index in [1.807, 2.05) is 13.8 Å². The summed E-state index contributed by atoms with van der Waals surface area (Å²) in [5, 5.41) is 24.3. The molecule has 4 rings (SSSR count). The number of thiophene rings is 1. The van der Waals surface area contributed by atoms with Gasteiger partial charge in [-0.15, -0.1) is 11.3 Å². The smallest absolute Gasteiger partial charge is 0.233 e. The highest BCUT2D eigenvalue weighted by molar-refractivity contribution is 7.19. The minimum atomic E-state index is -0.147. The number of nitrogens with one attached hydrogen (secondary N) is 2. The summed E-state index contributed by atoms with van der Waals surface area (Å²) in [7, 11) is 0. The van der Waals surface area contributed by atoms with Crippen LogP contribution in [0.5, 0.6) is 0 Å². The van der Waals surface area contributed by atoms with Crippen LogP contribution in [-0.2, 0) is 6.42 Å². The molecule has 7 heteroatoms. The summed E-state index contributed by atoms with van der Waals surface area (Å²) in [6.07, 6.45) is 0.903. The summed E-state index contributed by atoms with van der Waals surface area (Å²) >= 11 is 1.68. The Labute approximate surface area is 136 Å². The summed E-state index contributed by atoms with van der Waals surface area (Å²) in [6.45, 7) is 5.90. The monoisotopic (exact) mass is 325 g/mol. The Kier molecular flexibility index (Phi) is 3.03. The van der Waals surface area contributed by atoms with E-state index in [0.717, 1.165) is 44.2 Å². The van der Waals surface area contributed by atoms with Crippen molar-refractivity contribution in [1.82, 2.24) is 15.4 Å². The molecule has 3 aromatic rings. The fourth-order valence-corrected chi connectivity index (χ4v) is 4.38. The highest BCUT2D eigenvalue weighted by Crippen LogP contribution is 2.46. The summed E-state index contributed by atoms with van der Waals surface area (Å²) in [5.41, 5.74) is 5.34. The molecule has 4 heterocycles. The first-order valence-electron chi connectivity index (χ1n) is 7.44. The number of nitrogens with zero attached hydrogens (tertiary/aromatic N) is 3. The summed E-state index contributed by atoms with van der Waals surface area (Å²) in [4.78, 5) is 1.09. The first-order valence-corrected chi connectivity index (χ1v) is 8.26. The number of fused-ring (bicyclic) bond motifs is 2. The molecule has 6 nitrogen and oxygen atoms in total. The summed E-state index contributed by atoms with van der Waals surface area (Å²) in [5.74, 6) is 0.485. The lowest BCUT2D eigenvalue weighted by atomic mass is 9.86. The lowest BCUT2D eigenvalue weighted by Crippen LogP contribution is -2.15. The van der Waals surface area contributed by atoms with Crippen LogP contribution in [0.2, 0.25) is 0 Å². The zero-order chi connectivity index (χ0) is 16.1. The van der Waals surface area contributed by atoms with E-state index < -0.39 is 0 Å². The first kappa shape index (κ1) is 14.0. The molecule has 0 radical (unpaired) electrons. The lowest BCUT2D eigenvalue weighted by Gasteiger charge is -2.22. The van der Waals surface area contributed by atoms with Crippen LogP contribution in [0.1, 0.15) is 41.6 Å². The van der Waals surface area contributed by atoms with Crippen molar-refractivity contribution in [2.75, 3.05) is 5.32 Å². The predicted molar refractivity (Wildman–Crippen MR) is 88.4 cm³/mol. The Bertz CT molecular complexity index is 984. The third-order valence-electron chi connectivity index (χ3n) is 4.27. The SMILES string of the molecule is CCc1[nH]nc2cc(C3C(C#N)=C(C)Nc4onc(C)c43)sc12. The number of rotatable bonds is 2. The molecule has 23 heavy (non-hydrogen) atoms. The van der Waals surface area contributed by atoms with Gasteiger partial charge in [-0.25, -0.2) is 0 Å². The van der Waals surface area contributed by atoms with Crippen LogP contribution in [-0.4, -0.2) is 15.4 Å². The number of aryl methyl sites for hydroxylation is 2. The van der Waals surface area contributed by atoms with Crippen molar-refractivity contribution in [1.29, 1.82) is 5.26 Å². The number of aromatic nitrogens is 3. The summed E-state index contributed by atoms with van der Waals surface area (Å²) < 4.78 is 6.54. The highest BCUT2D eigenvalue weighted by atomic mass is 32.1. The zero-order valence-electron chi connectivity index (χ0n) is 13.0. The van der Waals surface area contributed by atoms with Crippen LogP contribution in [0.4, 0.5) is 5.88 Å². The number of nitriles is 1. The molecule has 0 amide bonds. The Morgan fingerprint density at radius 1 is 1.43 bits per heavy atom. The average molecular weight is 325 g/mol. The van der Waals surface area contributed by atoms with Gasteiger partial charge in [0.25, 0.3) is 0 Å². The third kappa shape index (κ3) is 1.92. The Balaban J connectivity index is 1.95. The average Bonchev–Trinajstić information content (AvgIpc) is 3.20. The van der Waals surface area contributed by atoms with Gasteiger partial charge in [0, 0.05) is 10.6 Å². The second kappa shape index (κ2) is 4.96. The van der Waals surface area contributed by atoms with Crippen molar-refractivity contribution in [3.05, 3.63) is 39.2 Å². The minimum Gasteiger partial charge on any atom is -0.338 e. The van der Waals surface area contributed by atoms with Gasteiger partial charge in [0.05, 0.1) is 39.2 Å². The second-order valence-corrected chi connectivity index (χ2v) is 6.72. The van der Waals surface area contributed by atoms with Gasteiger partial charge < -0.3 is 9.84 Å². The van der Waals surface area contributed by atoms with E-state index in [9.17, 15) is 5.26 Å². The van der Waals surface area contributed by atoms with Crippen molar-refractivity contribution in [2.24, 2.45) is 0 Å². The zero-order valence-corrected chi connectivity index (χ0v) is 13.8. The molecule has 1 aliphatic rings. The van der Waals surface area contributed by atoms with E-state index in [1.165, 1.54) is 0 Å². The predicted octanol–water partition coefficient (Wildman–Crippen LogP) is 3.84. The second-order valence-electron chi connectivity index (χ2n) is 5.64. The highest BCUT2D eigenvalue weighted by Gasteiger charge is 2.34. The van der Waals surface area contributed by atoms with Gasteiger partial charge >= 0.3 is 0 Å². The van der Waals surface area contributed by atoms with Crippen molar-refractivity contribution in [3.8, 4) is 6.07 Å². The standard InChI is InChI=1S/C16H15N5OS/c1-4-10-15-11(20-19-10)5-12(23-15)14-9(6-17)7(2)18-16-13(14)8(3)21-22-16/h5,14,18H,4H2,1-3H3,(H,19,20). The quantitative estimate of drug-likeness (QED) is 0.747. The van der Waals surface area contributed by atoms with Gasteiger partial charge in [0.15, 0.2) is 0 Å². The molecule has 0 saturated heterocycles. The number of hydrogen-bond acceptors (Lipinski definition) is 6. The molecule has 1 unspecified atom stereocenters. The van der Waals surface area contributed by atoms with Crippen molar-refractivity contribution in [2.45, 2.75) is 33.1 Å². The van der Waals surface area contributed by atoms with Crippen molar-refractivity contribution < 1.29 is 4.52 Å². The number of allylic oxidation sites excluding steroid dienone is 2. The van der Waals surface area contributed by atoms with Crippen LogP contribution in [0.25, 0.3) is 10.2 Å². The maximum Gasteiger partial charge on any atom is 0.233 e. The van der Waals surface area contributed by atoms with E-state index in [1.54, 1.807) is 11.3 Å². The maximum atomic E-state index is 9.66. The van der Waals surface area contributed by atoms with Crippen LogP contribution in [0, 0.1) is 18.3 Å². The third-order valence-corrected chi connectivity index (χ3v) is 5.52. The van der Waals surface area contributed by atoms with Crippen LogP contribution in [0.3, 0.4) is 0 Å². The van der Waals surface area contributed by atoms with E-state index in [0.29, 0.717) is 11.5 Å². The molecule has 116 valence electrons. The van der Waals surface area contributed by atoms with E-state index in [4.69, 9.17) is 4.52 Å². The lowest BCUT2D eigenvalue weighted by molar-refractivity contribution is 0.428. The number of aromatic amines is 1.